The second kappa shape index (κ2) is 6.13. The molecular weight excluding hydrogens is 344 g/mol. The summed E-state index contributed by atoms with van der Waals surface area (Å²) >= 11 is 5.95. The Bertz CT molecular complexity index is 920. The van der Waals surface area contributed by atoms with Gasteiger partial charge in [0.05, 0.1) is 12.1 Å². The number of phenolic OH excluding ortho intramolecular Hbond substituents is 1. The zero-order chi connectivity index (χ0) is 18.2. The van der Waals surface area contributed by atoms with Crippen LogP contribution in [0.4, 0.5) is 5.82 Å². The SMILES string of the molecule is COc1cc(O)c(-c2c(C(=O)O)c(N)[nH]c(=O)c2C(=O)O)cc1Cl. The number of carboxylic acid groups (broad SMARTS) is 2. The highest BCUT2D eigenvalue weighted by Crippen LogP contribution is 2.40. The number of phenols is 1. The number of anilines is 1. The lowest BCUT2D eigenvalue weighted by molar-refractivity contribution is 0.0695. The number of rotatable bonds is 4. The molecule has 2 rings (SSSR count). The maximum Gasteiger partial charge on any atom is 0.342 e. The molecule has 0 amide bonds. The fourth-order valence-corrected chi connectivity index (χ4v) is 2.46. The highest BCUT2D eigenvalue weighted by molar-refractivity contribution is 6.32. The predicted octanol–water partition coefficient (Wildman–Crippen LogP) is 1.39. The van der Waals surface area contributed by atoms with E-state index in [1.54, 1.807) is 0 Å². The number of aromatic amines is 1. The Hall–Kier alpha value is -3.20. The van der Waals surface area contributed by atoms with Crippen LogP contribution in [0, 0.1) is 0 Å². The lowest BCUT2D eigenvalue weighted by atomic mass is 9.94. The molecule has 0 unspecified atom stereocenters. The van der Waals surface area contributed by atoms with Gasteiger partial charge in [-0.05, 0) is 6.07 Å². The van der Waals surface area contributed by atoms with E-state index >= 15 is 0 Å². The van der Waals surface area contributed by atoms with Crippen molar-refractivity contribution in [3.05, 3.63) is 38.6 Å². The van der Waals surface area contributed by atoms with Gasteiger partial charge in [-0.1, -0.05) is 11.6 Å². The summed E-state index contributed by atoms with van der Waals surface area (Å²) in [5.41, 5.74) is 1.98. The first-order valence-corrected chi connectivity index (χ1v) is 6.66. The van der Waals surface area contributed by atoms with Crippen LogP contribution < -0.4 is 16.0 Å². The molecule has 126 valence electrons. The lowest BCUT2D eigenvalue weighted by Gasteiger charge is -2.14. The molecule has 0 fully saturated rings. The van der Waals surface area contributed by atoms with Crippen LogP contribution in [0.1, 0.15) is 20.7 Å². The van der Waals surface area contributed by atoms with Crippen molar-refractivity contribution >= 4 is 29.4 Å². The smallest absolute Gasteiger partial charge is 0.342 e. The minimum atomic E-state index is -1.69. The Labute approximate surface area is 138 Å². The van der Waals surface area contributed by atoms with Crippen molar-refractivity contribution in [1.82, 2.24) is 4.98 Å². The van der Waals surface area contributed by atoms with Gasteiger partial charge in [-0.2, -0.15) is 0 Å². The molecule has 0 bridgehead atoms. The minimum Gasteiger partial charge on any atom is -0.507 e. The molecule has 9 nitrogen and oxygen atoms in total. The van der Waals surface area contributed by atoms with Crippen LogP contribution in [-0.2, 0) is 0 Å². The standard InChI is InChI=1S/C14H11ClN2O7/c1-24-7-3-6(18)4(2-5(7)15)8-9(13(20)21)11(16)17-12(19)10(8)14(22)23/h2-3,18H,1H3,(H,20,21)(H,22,23)(H3,16,17,19). The molecule has 0 aliphatic heterocycles. The van der Waals surface area contributed by atoms with Crippen LogP contribution in [0.15, 0.2) is 16.9 Å². The summed E-state index contributed by atoms with van der Waals surface area (Å²) in [4.78, 5) is 36.8. The quantitative estimate of drug-likeness (QED) is 0.549. The van der Waals surface area contributed by atoms with Crippen LogP contribution in [0.25, 0.3) is 11.1 Å². The summed E-state index contributed by atoms with van der Waals surface area (Å²) in [6.45, 7) is 0. The number of ether oxygens (including phenoxy) is 1. The normalized spacial score (nSPS) is 10.4. The van der Waals surface area contributed by atoms with Gasteiger partial charge in [-0.3, -0.25) is 4.79 Å². The van der Waals surface area contributed by atoms with E-state index in [-0.39, 0.29) is 16.3 Å². The van der Waals surface area contributed by atoms with Crippen LogP contribution in [0.5, 0.6) is 11.5 Å². The maximum absolute atomic E-state index is 11.9. The Morgan fingerprint density at radius 3 is 2.29 bits per heavy atom. The summed E-state index contributed by atoms with van der Waals surface area (Å²) < 4.78 is 4.90. The average Bonchev–Trinajstić information content (AvgIpc) is 2.47. The summed E-state index contributed by atoms with van der Waals surface area (Å²) in [6, 6.07) is 2.15. The molecule has 0 atom stereocenters. The number of H-pyrrole nitrogens is 1. The topological polar surface area (TPSA) is 163 Å². The zero-order valence-corrected chi connectivity index (χ0v) is 12.8. The fraction of sp³-hybridized carbons (Fsp3) is 0.0714. The highest BCUT2D eigenvalue weighted by atomic mass is 35.5. The number of aromatic carboxylic acids is 2. The van der Waals surface area contributed by atoms with Crippen LogP contribution >= 0.6 is 11.6 Å². The number of nitrogens with two attached hydrogens (primary N) is 1. The third kappa shape index (κ3) is 2.72. The third-order valence-corrected chi connectivity index (χ3v) is 3.51. The van der Waals surface area contributed by atoms with Crippen molar-refractivity contribution in [2.45, 2.75) is 0 Å². The number of halogens is 1. The molecule has 24 heavy (non-hydrogen) atoms. The molecule has 1 aromatic carbocycles. The molecule has 0 radical (unpaired) electrons. The van der Waals surface area contributed by atoms with E-state index in [1.807, 2.05) is 4.98 Å². The second-order valence-corrected chi connectivity index (χ2v) is 5.01. The molecular formula is C14H11ClN2O7. The largest absolute Gasteiger partial charge is 0.507 e. The number of carboxylic acids is 2. The molecule has 0 spiro atoms. The minimum absolute atomic E-state index is 0.0307. The van der Waals surface area contributed by atoms with Crippen LogP contribution in [-0.4, -0.2) is 39.4 Å². The Balaban J connectivity index is 3.02. The Morgan fingerprint density at radius 2 is 1.79 bits per heavy atom. The number of aromatic nitrogens is 1. The number of nitrogens with one attached hydrogen (secondary N) is 1. The van der Waals surface area contributed by atoms with E-state index < -0.39 is 45.8 Å². The van der Waals surface area contributed by atoms with E-state index in [2.05, 4.69) is 0 Å². The average molecular weight is 355 g/mol. The number of hydrogen-bond acceptors (Lipinski definition) is 6. The first kappa shape index (κ1) is 17.2. The van der Waals surface area contributed by atoms with Crippen molar-refractivity contribution in [2.24, 2.45) is 0 Å². The van der Waals surface area contributed by atoms with Gasteiger partial charge in [-0.15, -0.1) is 0 Å². The number of methoxy groups -OCH3 is 1. The van der Waals surface area contributed by atoms with E-state index in [1.165, 1.54) is 7.11 Å². The van der Waals surface area contributed by atoms with Crippen molar-refractivity contribution in [1.29, 1.82) is 0 Å². The fourth-order valence-electron chi connectivity index (χ4n) is 2.22. The number of benzene rings is 1. The highest BCUT2D eigenvalue weighted by Gasteiger charge is 2.28. The molecule has 10 heteroatoms. The van der Waals surface area contributed by atoms with E-state index in [0.29, 0.717) is 0 Å². The summed E-state index contributed by atoms with van der Waals surface area (Å²) in [6.07, 6.45) is 0. The monoisotopic (exact) mass is 354 g/mol. The molecule has 2 aromatic rings. The third-order valence-electron chi connectivity index (χ3n) is 3.21. The summed E-state index contributed by atoms with van der Waals surface area (Å²) in [5, 5.41) is 28.7. The Morgan fingerprint density at radius 1 is 1.21 bits per heavy atom. The van der Waals surface area contributed by atoms with Crippen molar-refractivity contribution in [3.63, 3.8) is 0 Å². The maximum atomic E-state index is 11.9. The van der Waals surface area contributed by atoms with Gasteiger partial charge in [0.25, 0.3) is 5.56 Å². The molecule has 1 heterocycles. The van der Waals surface area contributed by atoms with Gasteiger partial charge in [0.15, 0.2) is 0 Å². The van der Waals surface area contributed by atoms with E-state index in [4.69, 9.17) is 22.1 Å². The van der Waals surface area contributed by atoms with Crippen molar-refractivity contribution in [2.75, 3.05) is 12.8 Å². The van der Waals surface area contributed by atoms with Gasteiger partial charge in [0.1, 0.15) is 28.4 Å². The lowest BCUT2D eigenvalue weighted by Crippen LogP contribution is -2.24. The Kier molecular flexibility index (Phi) is 4.38. The number of aromatic hydroxyl groups is 1. The van der Waals surface area contributed by atoms with Crippen molar-refractivity contribution in [3.8, 4) is 22.6 Å². The summed E-state index contributed by atoms with van der Waals surface area (Å²) in [7, 11) is 1.29. The van der Waals surface area contributed by atoms with Crippen LogP contribution in [0.2, 0.25) is 5.02 Å². The molecule has 1 aromatic heterocycles. The zero-order valence-electron chi connectivity index (χ0n) is 12.1. The molecule has 0 aliphatic carbocycles. The van der Waals surface area contributed by atoms with Crippen molar-refractivity contribution < 1.29 is 29.6 Å². The number of hydrogen-bond donors (Lipinski definition) is 5. The first-order valence-electron chi connectivity index (χ1n) is 6.28. The van der Waals surface area contributed by atoms with Crippen LogP contribution in [0.3, 0.4) is 0 Å². The van der Waals surface area contributed by atoms with Gasteiger partial charge < -0.3 is 30.8 Å². The number of pyridine rings is 1. The molecule has 0 saturated heterocycles. The predicted molar refractivity (Wildman–Crippen MR) is 84.1 cm³/mol. The van der Waals surface area contributed by atoms with Gasteiger partial charge in [0.2, 0.25) is 0 Å². The second-order valence-electron chi connectivity index (χ2n) is 4.61. The molecule has 6 N–H and O–H groups in total. The van der Waals surface area contributed by atoms with Gasteiger partial charge >= 0.3 is 11.9 Å². The van der Waals surface area contributed by atoms with E-state index in [0.717, 1.165) is 12.1 Å². The first-order chi connectivity index (χ1) is 11.2. The summed E-state index contributed by atoms with van der Waals surface area (Å²) in [5.74, 6) is -4.30. The number of nitrogen functional groups attached to an aromatic ring is 1. The molecule has 0 aliphatic rings. The van der Waals surface area contributed by atoms with Gasteiger partial charge in [-0.25, -0.2) is 9.59 Å². The molecule has 0 saturated carbocycles. The van der Waals surface area contributed by atoms with E-state index in [9.17, 15) is 29.7 Å². The van der Waals surface area contributed by atoms with Gasteiger partial charge in [0, 0.05) is 17.2 Å². The number of carbonyl (C=O) groups is 2.